The van der Waals surface area contributed by atoms with Crippen molar-refractivity contribution >= 4 is 11.6 Å². The molecule has 3 nitrogen and oxygen atoms in total. The summed E-state index contributed by atoms with van der Waals surface area (Å²) in [5.41, 5.74) is 4.12. The Morgan fingerprint density at radius 1 is 1.56 bits per heavy atom. The van der Waals surface area contributed by atoms with Crippen LogP contribution in [0.4, 0.5) is 0 Å². The van der Waals surface area contributed by atoms with Crippen LogP contribution in [0.25, 0.3) is 0 Å². The molecule has 100 valence electrons. The standard InChI is InChI=1S/C14H22ClN3/c1-10-3-2-4-12(7-10)14(18-16)8-11-5-6-17-9-13(11)15/h5-6,9-10,12,14,18H,2-4,7-8,16H2,1H3. The van der Waals surface area contributed by atoms with Crippen LogP contribution >= 0.6 is 11.6 Å². The van der Waals surface area contributed by atoms with Gasteiger partial charge < -0.3 is 0 Å². The molecule has 0 saturated heterocycles. The van der Waals surface area contributed by atoms with Crippen LogP contribution < -0.4 is 11.3 Å². The first-order valence-electron chi connectivity index (χ1n) is 6.75. The molecular formula is C14H22ClN3. The van der Waals surface area contributed by atoms with Crippen molar-refractivity contribution in [1.82, 2.24) is 10.4 Å². The summed E-state index contributed by atoms with van der Waals surface area (Å²) in [4.78, 5) is 4.02. The van der Waals surface area contributed by atoms with Crippen molar-refractivity contribution in [3.8, 4) is 0 Å². The zero-order chi connectivity index (χ0) is 13.0. The van der Waals surface area contributed by atoms with E-state index in [1.807, 2.05) is 6.07 Å². The first-order valence-corrected chi connectivity index (χ1v) is 7.13. The van der Waals surface area contributed by atoms with E-state index in [9.17, 15) is 0 Å². The second kappa shape index (κ2) is 6.50. The fourth-order valence-electron chi connectivity index (χ4n) is 3.01. The number of hydrazine groups is 1. The van der Waals surface area contributed by atoms with E-state index >= 15 is 0 Å². The van der Waals surface area contributed by atoms with Gasteiger partial charge in [0.2, 0.25) is 0 Å². The fourth-order valence-corrected chi connectivity index (χ4v) is 3.21. The van der Waals surface area contributed by atoms with Crippen LogP contribution in [-0.2, 0) is 6.42 Å². The van der Waals surface area contributed by atoms with E-state index in [1.54, 1.807) is 12.4 Å². The second-order valence-electron chi connectivity index (χ2n) is 5.48. The third kappa shape index (κ3) is 3.44. The first kappa shape index (κ1) is 13.8. The minimum absolute atomic E-state index is 0.313. The molecule has 0 spiro atoms. The molecule has 3 unspecified atom stereocenters. The largest absolute Gasteiger partial charge is 0.271 e. The highest BCUT2D eigenvalue weighted by Gasteiger charge is 2.26. The van der Waals surface area contributed by atoms with Crippen molar-refractivity contribution < 1.29 is 0 Å². The summed E-state index contributed by atoms with van der Waals surface area (Å²) in [6, 6.07) is 2.30. The summed E-state index contributed by atoms with van der Waals surface area (Å²) in [5.74, 6) is 7.21. The Labute approximate surface area is 114 Å². The number of nitrogens with two attached hydrogens (primary N) is 1. The maximum absolute atomic E-state index is 6.16. The van der Waals surface area contributed by atoms with Crippen molar-refractivity contribution in [2.24, 2.45) is 17.7 Å². The SMILES string of the molecule is CC1CCCC(C(Cc2ccncc2Cl)NN)C1. The van der Waals surface area contributed by atoms with Crippen molar-refractivity contribution in [2.75, 3.05) is 0 Å². The summed E-state index contributed by atoms with van der Waals surface area (Å²) < 4.78 is 0. The van der Waals surface area contributed by atoms with E-state index in [1.165, 1.54) is 25.7 Å². The van der Waals surface area contributed by atoms with Crippen molar-refractivity contribution in [1.29, 1.82) is 0 Å². The van der Waals surface area contributed by atoms with Crippen LogP contribution in [-0.4, -0.2) is 11.0 Å². The highest BCUT2D eigenvalue weighted by Crippen LogP contribution is 2.32. The minimum Gasteiger partial charge on any atom is -0.271 e. The summed E-state index contributed by atoms with van der Waals surface area (Å²) >= 11 is 6.16. The van der Waals surface area contributed by atoms with Gasteiger partial charge in [-0.15, -0.1) is 0 Å². The van der Waals surface area contributed by atoms with Crippen LogP contribution in [0, 0.1) is 11.8 Å². The zero-order valence-electron chi connectivity index (χ0n) is 10.9. The van der Waals surface area contributed by atoms with Crippen LogP contribution in [0.3, 0.4) is 0 Å². The molecule has 1 aliphatic carbocycles. The molecule has 4 heteroatoms. The molecule has 3 N–H and O–H groups in total. The van der Waals surface area contributed by atoms with Gasteiger partial charge in [-0.1, -0.05) is 31.4 Å². The average Bonchev–Trinajstić information content (AvgIpc) is 2.38. The van der Waals surface area contributed by atoms with Gasteiger partial charge in [-0.25, -0.2) is 0 Å². The maximum atomic E-state index is 6.16. The Kier molecular flexibility index (Phi) is 4.98. The minimum atomic E-state index is 0.313. The lowest BCUT2D eigenvalue weighted by atomic mass is 9.77. The molecule has 0 aliphatic heterocycles. The zero-order valence-corrected chi connectivity index (χ0v) is 11.7. The lowest BCUT2D eigenvalue weighted by Gasteiger charge is -2.33. The average molecular weight is 268 g/mol. The van der Waals surface area contributed by atoms with Gasteiger partial charge in [0, 0.05) is 18.4 Å². The van der Waals surface area contributed by atoms with E-state index in [0.717, 1.165) is 22.9 Å². The molecule has 3 atom stereocenters. The third-order valence-corrected chi connectivity index (χ3v) is 4.40. The van der Waals surface area contributed by atoms with Gasteiger partial charge >= 0.3 is 0 Å². The Hall–Kier alpha value is -0.640. The fraction of sp³-hybridized carbons (Fsp3) is 0.643. The Bertz CT molecular complexity index is 383. The summed E-state index contributed by atoms with van der Waals surface area (Å²) in [6.45, 7) is 2.33. The van der Waals surface area contributed by atoms with Gasteiger partial charge in [-0.05, 0) is 42.7 Å². The monoisotopic (exact) mass is 267 g/mol. The molecule has 1 heterocycles. The lowest BCUT2D eigenvalue weighted by Crippen LogP contribution is -2.44. The number of nitrogens with zero attached hydrogens (tertiary/aromatic N) is 1. The predicted octanol–water partition coefficient (Wildman–Crippen LogP) is 2.94. The molecule has 0 aromatic carbocycles. The molecule has 0 amide bonds. The van der Waals surface area contributed by atoms with Crippen molar-refractivity contribution in [3.05, 3.63) is 29.0 Å². The molecular weight excluding hydrogens is 246 g/mol. The van der Waals surface area contributed by atoms with Gasteiger partial charge in [0.1, 0.15) is 0 Å². The quantitative estimate of drug-likeness (QED) is 0.651. The number of hydrogen-bond acceptors (Lipinski definition) is 3. The number of nitrogens with one attached hydrogen (secondary N) is 1. The normalized spacial score (nSPS) is 25.9. The highest BCUT2D eigenvalue weighted by atomic mass is 35.5. The number of pyridine rings is 1. The van der Waals surface area contributed by atoms with Crippen LogP contribution in [0.5, 0.6) is 0 Å². The third-order valence-electron chi connectivity index (χ3n) is 4.06. The van der Waals surface area contributed by atoms with E-state index in [-0.39, 0.29) is 0 Å². The number of aromatic nitrogens is 1. The first-order chi connectivity index (χ1) is 8.70. The molecule has 1 aromatic rings. The van der Waals surface area contributed by atoms with Gasteiger partial charge in [0.15, 0.2) is 0 Å². The highest BCUT2D eigenvalue weighted by molar-refractivity contribution is 6.31. The maximum Gasteiger partial charge on any atom is 0.0621 e. The molecule has 1 saturated carbocycles. The van der Waals surface area contributed by atoms with Gasteiger partial charge in [-0.2, -0.15) is 0 Å². The lowest BCUT2D eigenvalue weighted by molar-refractivity contribution is 0.222. The summed E-state index contributed by atoms with van der Waals surface area (Å²) in [6.07, 6.45) is 9.57. The molecule has 1 aromatic heterocycles. The summed E-state index contributed by atoms with van der Waals surface area (Å²) in [5, 5.41) is 0.738. The Morgan fingerprint density at radius 3 is 3.06 bits per heavy atom. The second-order valence-corrected chi connectivity index (χ2v) is 5.88. The van der Waals surface area contributed by atoms with Crippen molar-refractivity contribution in [3.63, 3.8) is 0 Å². The van der Waals surface area contributed by atoms with E-state index in [0.29, 0.717) is 12.0 Å². The van der Waals surface area contributed by atoms with E-state index < -0.39 is 0 Å². The van der Waals surface area contributed by atoms with Crippen molar-refractivity contribution in [2.45, 2.75) is 45.1 Å². The molecule has 18 heavy (non-hydrogen) atoms. The molecule has 0 radical (unpaired) electrons. The smallest absolute Gasteiger partial charge is 0.0621 e. The van der Waals surface area contributed by atoms with E-state index in [4.69, 9.17) is 17.4 Å². The predicted molar refractivity (Wildman–Crippen MR) is 75.2 cm³/mol. The number of hydrogen-bond donors (Lipinski definition) is 2. The van der Waals surface area contributed by atoms with Crippen LogP contribution in [0.2, 0.25) is 5.02 Å². The van der Waals surface area contributed by atoms with E-state index in [2.05, 4.69) is 17.3 Å². The molecule has 1 fully saturated rings. The number of halogens is 1. The van der Waals surface area contributed by atoms with Gasteiger partial charge in [0.25, 0.3) is 0 Å². The van der Waals surface area contributed by atoms with Crippen LogP contribution in [0.15, 0.2) is 18.5 Å². The molecule has 0 bridgehead atoms. The topological polar surface area (TPSA) is 50.9 Å². The molecule has 2 rings (SSSR count). The Balaban J connectivity index is 2.03. The van der Waals surface area contributed by atoms with Gasteiger partial charge in [0.05, 0.1) is 5.02 Å². The van der Waals surface area contributed by atoms with Gasteiger partial charge in [-0.3, -0.25) is 16.3 Å². The molecule has 1 aliphatic rings. The Morgan fingerprint density at radius 2 is 2.39 bits per heavy atom. The van der Waals surface area contributed by atoms with Crippen LogP contribution in [0.1, 0.15) is 38.2 Å². The number of rotatable bonds is 4. The summed E-state index contributed by atoms with van der Waals surface area (Å²) in [7, 11) is 0.